The molecular weight excluding hydrogens is 382 g/mol. The Hall–Kier alpha value is -1.10. The molecule has 2 aromatic carbocycles. The van der Waals surface area contributed by atoms with Gasteiger partial charge < -0.3 is 4.74 Å². The molecule has 1 atom stereocenters. The minimum Gasteiger partial charge on any atom is -0.483 e. The lowest BCUT2D eigenvalue weighted by molar-refractivity contribution is 0.0818. The minimum atomic E-state index is -0.763. The van der Waals surface area contributed by atoms with Crippen LogP contribution in [0.4, 0.5) is 4.39 Å². The third kappa shape index (κ3) is 3.96. The molecular formula is C15H10BrCl2FO2. The Morgan fingerprint density at radius 1 is 1.24 bits per heavy atom. The maximum Gasteiger partial charge on any atom is 0.204 e. The zero-order chi connectivity index (χ0) is 15.6. The standard InChI is InChI=1S/C15H10BrCl2FO2/c1-8(21-10-3-5-14(19)12(16)7-10)15(20)11-4-2-9(17)6-13(11)18/h2-8H,1H3. The Bertz CT molecular complexity index is 691. The SMILES string of the molecule is CC(Oc1ccc(F)c(Br)c1)C(=O)c1ccc(Cl)cc1Cl. The third-order valence-electron chi connectivity index (χ3n) is 2.77. The first-order valence-corrected chi connectivity index (χ1v) is 7.54. The van der Waals surface area contributed by atoms with Gasteiger partial charge >= 0.3 is 0 Å². The van der Waals surface area contributed by atoms with E-state index in [9.17, 15) is 9.18 Å². The molecule has 0 heterocycles. The van der Waals surface area contributed by atoms with Crippen molar-refractivity contribution in [3.63, 3.8) is 0 Å². The fourth-order valence-electron chi connectivity index (χ4n) is 1.72. The first-order valence-electron chi connectivity index (χ1n) is 5.99. The molecule has 0 aliphatic heterocycles. The molecule has 0 aromatic heterocycles. The number of hydrogen-bond acceptors (Lipinski definition) is 2. The van der Waals surface area contributed by atoms with E-state index in [1.807, 2.05) is 0 Å². The monoisotopic (exact) mass is 390 g/mol. The van der Waals surface area contributed by atoms with Gasteiger partial charge in [-0.2, -0.15) is 0 Å². The van der Waals surface area contributed by atoms with Crippen LogP contribution >= 0.6 is 39.1 Å². The molecule has 0 aliphatic carbocycles. The summed E-state index contributed by atoms with van der Waals surface area (Å²) < 4.78 is 18.9. The van der Waals surface area contributed by atoms with Crippen LogP contribution in [0.3, 0.4) is 0 Å². The second kappa shape index (κ2) is 6.77. The Morgan fingerprint density at radius 2 is 1.95 bits per heavy atom. The smallest absolute Gasteiger partial charge is 0.204 e. The van der Waals surface area contributed by atoms with Crippen molar-refractivity contribution in [1.82, 2.24) is 0 Å². The van der Waals surface area contributed by atoms with Crippen LogP contribution in [0.1, 0.15) is 17.3 Å². The molecule has 0 amide bonds. The lowest BCUT2D eigenvalue weighted by atomic mass is 10.1. The van der Waals surface area contributed by atoms with E-state index in [0.717, 1.165) is 0 Å². The van der Waals surface area contributed by atoms with E-state index in [2.05, 4.69) is 15.9 Å². The fraction of sp³-hybridized carbons (Fsp3) is 0.133. The molecule has 2 aromatic rings. The number of Topliss-reactive ketones (excluding diaryl/α,β-unsaturated/α-hetero) is 1. The molecule has 2 rings (SSSR count). The predicted octanol–water partition coefficient (Wildman–Crippen LogP) is 5.55. The van der Waals surface area contributed by atoms with Crippen LogP contribution < -0.4 is 4.74 Å². The fourth-order valence-corrected chi connectivity index (χ4v) is 2.58. The van der Waals surface area contributed by atoms with Gasteiger partial charge in [-0.25, -0.2) is 4.39 Å². The Kier molecular flexibility index (Phi) is 5.25. The number of carbonyl (C=O) groups is 1. The van der Waals surface area contributed by atoms with E-state index >= 15 is 0 Å². The number of ether oxygens (including phenoxy) is 1. The summed E-state index contributed by atoms with van der Waals surface area (Å²) in [5.41, 5.74) is 0.328. The quantitative estimate of drug-likeness (QED) is 0.639. The lowest BCUT2D eigenvalue weighted by Gasteiger charge is -2.15. The van der Waals surface area contributed by atoms with Crippen LogP contribution in [0, 0.1) is 5.82 Å². The highest BCUT2D eigenvalue weighted by Gasteiger charge is 2.20. The zero-order valence-electron chi connectivity index (χ0n) is 10.9. The first-order chi connectivity index (χ1) is 9.88. The minimum absolute atomic E-state index is 0.267. The first kappa shape index (κ1) is 16.3. The Labute approximate surface area is 139 Å². The summed E-state index contributed by atoms with van der Waals surface area (Å²) in [4.78, 5) is 12.3. The van der Waals surface area contributed by atoms with Gasteiger partial charge in [-0.1, -0.05) is 23.2 Å². The molecule has 110 valence electrons. The lowest BCUT2D eigenvalue weighted by Crippen LogP contribution is -2.24. The van der Waals surface area contributed by atoms with Gasteiger partial charge in [0.05, 0.1) is 9.50 Å². The van der Waals surface area contributed by atoms with E-state index in [0.29, 0.717) is 16.3 Å². The van der Waals surface area contributed by atoms with Gasteiger partial charge in [0.2, 0.25) is 5.78 Å². The van der Waals surface area contributed by atoms with Crippen LogP contribution in [-0.4, -0.2) is 11.9 Å². The molecule has 0 aliphatic rings. The van der Waals surface area contributed by atoms with Crippen LogP contribution in [-0.2, 0) is 0 Å². The van der Waals surface area contributed by atoms with Crippen molar-refractivity contribution in [2.75, 3.05) is 0 Å². The van der Waals surface area contributed by atoms with Crippen LogP contribution in [0.25, 0.3) is 0 Å². The molecule has 0 radical (unpaired) electrons. The summed E-state index contributed by atoms with van der Waals surface area (Å²) in [6, 6.07) is 8.80. The van der Waals surface area contributed by atoms with Crippen molar-refractivity contribution >= 4 is 44.9 Å². The second-order valence-corrected chi connectivity index (χ2v) is 6.02. The molecule has 0 spiro atoms. The van der Waals surface area contributed by atoms with Crippen molar-refractivity contribution in [3.8, 4) is 5.75 Å². The molecule has 0 N–H and O–H groups in total. The predicted molar refractivity (Wildman–Crippen MR) is 85.0 cm³/mol. The second-order valence-electron chi connectivity index (χ2n) is 4.32. The summed E-state index contributed by atoms with van der Waals surface area (Å²) >= 11 is 14.9. The van der Waals surface area contributed by atoms with Crippen LogP contribution in [0.15, 0.2) is 40.9 Å². The molecule has 0 fully saturated rings. The highest BCUT2D eigenvalue weighted by Crippen LogP contribution is 2.25. The summed E-state index contributed by atoms with van der Waals surface area (Å²) in [6.45, 7) is 1.60. The average Bonchev–Trinajstić information content (AvgIpc) is 2.42. The van der Waals surface area contributed by atoms with Gasteiger partial charge in [-0.3, -0.25) is 4.79 Å². The molecule has 0 bridgehead atoms. The number of carbonyl (C=O) groups excluding carboxylic acids is 1. The number of ketones is 1. The molecule has 21 heavy (non-hydrogen) atoms. The zero-order valence-corrected chi connectivity index (χ0v) is 14.0. The molecule has 2 nitrogen and oxygen atoms in total. The van der Waals surface area contributed by atoms with Crippen LogP contribution in [0.2, 0.25) is 10.0 Å². The van der Waals surface area contributed by atoms with Crippen LogP contribution in [0.5, 0.6) is 5.75 Å². The molecule has 0 saturated heterocycles. The van der Waals surface area contributed by atoms with E-state index in [4.69, 9.17) is 27.9 Å². The van der Waals surface area contributed by atoms with E-state index in [1.54, 1.807) is 19.1 Å². The normalized spacial score (nSPS) is 12.0. The van der Waals surface area contributed by atoms with E-state index in [-0.39, 0.29) is 15.3 Å². The summed E-state index contributed by atoms with van der Waals surface area (Å²) in [5, 5.41) is 0.718. The van der Waals surface area contributed by atoms with Gasteiger partial charge in [0.25, 0.3) is 0 Å². The Balaban J connectivity index is 2.17. The number of halogens is 4. The van der Waals surface area contributed by atoms with Gasteiger partial charge in [-0.15, -0.1) is 0 Å². The highest BCUT2D eigenvalue weighted by atomic mass is 79.9. The average molecular weight is 392 g/mol. The van der Waals surface area contributed by atoms with Crippen molar-refractivity contribution in [2.24, 2.45) is 0 Å². The van der Waals surface area contributed by atoms with Crippen molar-refractivity contribution in [3.05, 3.63) is 62.3 Å². The summed E-state index contributed by atoms with van der Waals surface area (Å²) in [7, 11) is 0. The molecule has 6 heteroatoms. The summed E-state index contributed by atoms with van der Waals surface area (Å²) in [6.07, 6.45) is -0.763. The van der Waals surface area contributed by atoms with Crippen molar-refractivity contribution in [1.29, 1.82) is 0 Å². The third-order valence-corrected chi connectivity index (χ3v) is 3.93. The number of rotatable bonds is 4. The van der Waals surface area contributed by atoms with Crippen molar-refractivity contribution in [2.45, 2.75) is 13.0 Å². The summed E-state index contributed by atoms with van der Waals surface area (Å²) in [5.74, 6) is -0.298. The van der Waals surface area contributed by atoms with E-state index < -0.39 is 11.9 Å². The maximum atomic E-state index is 13.2. The van der Waals surface area contributed by atoms with Gasteiger partial charge in [-0.05, 0) is 59.3 Å². The molecule has 0 saturated carbocycles. The van der Waals surface area contributed by atoms with Gasteiger partial charge in [0.1, 0.15) is 11.6 Å². The van der Waals surface area contributed by atoms with Crippen molar-refractivity contribution < 1.29 is 13.9 Å². The van der Waals surface area contributed by atoms with Gasteiger partial charge in [0, 0.05) is 10.6 Å². The number of benzene rings is 2. The van der Waals surface area contributed by atoms with Gasteiger partial charge in [0.15, 0.2) is 6.10 Å². The maximum absolute atomic E-state index is 13.2. The van der Waals surface area contributed by atoms with E-state index in [1.165, 1.54) is 24.3 Å². The molecule has 1 unspecified atom stereocenters. The largest absolute Gasteiger partial charge is 0.483 e. The number of hydrogen-bond donors (Lipinski definition) is 0. The Morgan fingerprint density at radius 3 is 2.57 bits per heavy atom. The topological polar surface area (TPSA) is 26.3 Å². The highest BCUT2D eigenvalue weighted by molar-refractivity contribution is 9.10.